The molecule has 0 nitrogen and oxygen atoms in total. The fourth-order valence-electron chi connectivity index (χ4n) is 1.60. The van der Waals surface area contributed by atoms with Gasteiger partial charge < -0.3 is 0 Å². The predicted molar refractivity (Wildman–Crippen MR) is 60.1 cm³/mol. The average Bonchev–Trinajstić information content (AvgIpc) is 2.31. The Kier molecular flexibility index (Phi) is 3.00. The summed E-state index contributed by atoms with van der Waals surface area (Å²) in [6.07, 6.45) is 0.454. The molecule has 0 heterocycles. The van der Waals surface area contributed by atoms with Gasteiger partial charge in [0.1, 0.15) is 11.6 Å². The molecule has 2 aromatic rings. The molecule has 0 saturated carbocycles. The van der Waals surface area contributed by atoms with Crippen LogP contribution in [0.2, 0.25) is 0 Å². The summed E-state index contributed by atoms with van der Waals surface area (Å²) in [7, 11) is 0. The quantitative estimate of drug-likeness (QED) is 0.718. The van der Waals surface area contributed by atoms with E-state index in [-0.39, 0.29) is 5.56 Å². The minimum Gasteiger partial charge on any atom is -0.207 e. The number of hydrogen-bond acceptors (Lipinski definition) is 0. The van der Waals surface area contributed by atoms with E-state index >= 15 is 0 Å². The van der Waals surface area contributed by atoms with Gasteiger partial charge in [-0.3, -0.25) is 0 Å². The van der Waals surface area contributed by atoms with Crippen molar-refractivity contribution >= 4 is 0 Å². The van der Waals surface area contributed by atoms with Crippen molar-refractivity contribution in [3.05, 3.63) is 77.7 Å². The molecule has 0 aromatic heterocycles. The lowest BCUT2D eigenvalue weighted by atomic mass is 10.0. The molecule has 0 aliphatic carbocycles. The van der Waals surface area contributed by atoms with Gasteiger partial charge in [-0.2, -0.15) is 0 Å². The van der Waals surface area contributed by atoms with E-state index in [0.29, 0.717) is 12.0 Å². The number of halogens is 2. The normalized spacial score (nSPS) is 10.4. The highest BCUT2D eigenvalue weighted by Gasteiger charge is 2.09. The third-order valence-corrected chi connectivity index (χ3v) is 2.50. The first kappa shape index (κ1) is 10.8. The van der Waals surface area contributed by atoms with Crippen molar-refractivity contribution in [1.82, 2.24) is 0 Å². The zero-order valence-corrected chi connectivity index (χ0v) is 8.71. The highest BCUT2D eigenvalue weighted by molar-refractivity contribution is 5.33. The summed E-state index contributed by atoms with van der Waals surface area (Å²) in [6.45, 7) is 3.37. The fourth-order valence-corrected chi connectivity index (χ4v) is 1.60. The van der Waals surface area contributed by atoms with E-state index in [0.717, 1.165) is 5.56 Å². The molecular weight excluding hydrogens is 206 g/mol. The molecular formula is C14H11F2. The molecule has 0 bridgehead atoms. The third-order valence-electron chi connectivity index (χ3n) is 2.50. The van der Waals surface area contributed by atoms with E-state index in [9.17, 15) is 8.78 Å². The summed E-state index contributed by atoms with van der Waals surface area (Å²) in [4.78, 5) is 0. The molecule has 0 unspecified atom stereocenters. The molecule has 0 spiro atoms. The minimum absolute atomic E-state index is 0.159. The van der Waals surface area contributed by atoms with Crippen LogP contribution in [0.1, 0.15) is 16.7 Å². The summed E-state index contributed by atoms with van der Waals surface area (Å²) in [5.41, 5.74) is 1.30. The molecule has 2 rings (SSSR count). The lowest BCUT2D eigenvalue weighted by Crippen LogP contribution is -1.97. The van der Waals surface area contributed by atoms with Crippen molar-refractivity contribution in [2.75, 3.05) is 0 Å². The van der Waals surface area contributed by atoms with Gasteiger partial charge in [-0.25, -0.2) is 8.78 Å². The Morgan fingerprint density at radius 2 is 1.62 bits per heavy atom. The van der Waals surface area contributed by atoms with Gasteiger partial charge in [-0.1, -0.05) is 36.4 Å². The monoisotopic (exact) mass is 217 g/mol. The van der Waals surface area contributed by atoms with Crippen LogP contribution in [-0.4, -0.2) is 0 Å². The number of hydrogen-bond donors (Lipinski definition) is 0. The Morgan fingerprint density at radius 1 is 0.938 bits per heavy atom. The SMILES string of the molecule is [CH2]c1c(F)ccc(Cc2ccccc2)c1F. The summed E-state index contributed by atoms with van der Waals surface area (Å²) in [5, 5.41) is 0. The Balaban J connectivity index is 2.33. The van der Waals surface area contributed by atoms with Gasteiger partial charge in [0, 0.05) is 12.0 Å². The second-order valence-electron chi connectivity index (χ2n) is 3.66. The van der Waals surface area contributed by atoms with E-state index in [4.69, 9.17) is 0 Å². The van der Waals surface area contributed by atoms with Crippen molar-refractivity contribution < 1.29 is 8.78 Å². The molecule has 0 amide bonds. The van der Waals surface area contributed by atoms with Gasteiger partial charge in [0.2, 0.25) is 0 Å². The zero-order chi connectivity index (χ0) is 11.5. The first-order chi connectivity index (χ1) is 7.68. The molecule has 0 aliphatic heterocycles. The maximum Gasteiger partial charge on any atom is 0.132 e. The zero-order valence-electron chi connectivity index (χ0n) is 8.71. The second kappa shape index (κ2) is 4.44. The predicted octanol–water partition coefficient (Wildman–Crippen LogP) is 3.74. The van der Waals surface area contributed by atoms with E-state index in [1.807, 2.05) is 30.3 Å². The minimum atomic E-state index is -0.602. The molecule has 0 N–H and O–H groups in total. The maximum absolute atomic E-state index is 13.6. The van der Waals surface area contributed by atoms with Gasteiger partial charge in [0.15, 0.2) is 0 Å². The van der Waals surface area contributed by atoms with Crippen LogP contribution in [0.4, 0.5) is 8.78 Å². The van der Waals surface area contributed by atoms with Crippen LogP contribution in [0.5, 0.6) is 0 Å². The van der Waals surface area contributed by atoms with Crippen molar-refractivity contribution in [3.63, 3.8) is 0 Å². The van der Waals surface area contributed by atoms with E-state index < -0.39 is 11.6 Å². The molecule has 0 saturated heterocycles. The van der Waals surface area contributed by atoms with Gasteiger partial charge in [-0.05, 0) is 24.1 Å². The van der Waals surface area contributed by atoms with Crippen LogP contribution in [-0.2, 0) is 6.42 Å². The highest BCUT2D eigenvalue weighted by atomic mass is 19.1. The maximum atomic E-state index is 13.6. The Morgan fingerprint density at radius 3 is 2.31 bits per heavy atom. The van der Waals surface area contributed by atoms with Crippen molar-refractivity contribution in [3.8, 4) is 0 Å². The summed E-state index contributed by atoms with van der Waals surface area (Å²) < 4.78 is 26.6. The van der Waals surface area contributed by atoms with Crippen molar-refractivity contribution in [2.45, 2.75) is 6.42 Å². The van der Waals surface area contributed by atoms with Crippen molar-refractivity contribution in [1.29, 1.82) is 0 Å². The van der Waals surface area contributed by atoms with Gasteiger partial charge in [0.05, 0.1) is 0 Å². The fraction of sp³-hybridized carbons (Fsp3) is 0.0714. The summed E-state index contributed by atoms with van der Waals surface area (Å²) in [6, 6.07) is 12.2. The first-order valence-electron chi connectivity index (χ1n) is 5.01. The van der Waals surface area contributed by atoms with Crippen LogP contribution < -0.4 is 0 Å². The number of rotatable bonds is 2. The lowest BCUT2D eigenvalue weighted by molar-refractivity contribution is 0.566. The van der Waals surface area contributed by atoms with Crippen LogP contribution in [0, 0.1) is 18.6 Å². The molecule has 1 radical (unpaired) electrons. The van der Waals surface area contributed by atoms with E-state index in [1.165, 1.54) is 12.1 Å². The van der Waals surface area contributed by atoms with Gasteiger partial charge in [-0.15, -0.1) is 0 Å². The highest BCUT2D eigenvalue weighted by Crippen LogP contribution is 2.18. The molecule has 0 atom stereocenters. The van der Waals surface area contributed by atoms with Gasteiger partial charge >= 0.3 is 0 Å². The molecule has 0 fully saturated rings. The second-order valence-corrected chi connectivity index (χ2v) is 3.66. The first-order valence-corrected chi connectivity index (χ1v) is 5.01. The number of benzene rings is 2. The molecule has 0 aliphatic rings. The van der Waals surface area contributed by atoms with E-state index in [1.54, 1.807) is 0 Å². The topological polar surface area (TPSA) is 0 Å². The van der Waals surface area contributed by atoms with E-state index in [2.05, 4.69) is 6.92 Å². The largest absolute Gasteiger partial charge is 0.207 e. The van der Waals surface area contributed by atoms with Gasteiger partial charge in [0.25, 0.3) is 0 Å². The third kappa shape index (κ3) is 2.11. The lowest BCUT2D eigenvalue weighted by Gasteiger charge is -2.06. The summed E-state index contributed by atoms with van der Waals surface area (Å²) in [5.74, 6) is -1.15. The average molecular weight is 217 g/mol. The van der Waals surface area contributed by atoms with Crippen LogP contribution in [0.15, 0.2) is 42.5 Å². The van der Waals surface area contributed by atoms with Crippen LogP contribution in [0.3, 0.4) is 0 Å². The summed E-state index contributed by atoms with van der Waals surface area (Å²) >= 11 is 0. The molecule has 16 heavy (non-hydrogen) atoms. The van der Waals surface area contributed by atoms with Crippen LogP contribution >= 0.6 is 0 Å². The smallest absolute Gasteiger partial charge is 0.132 e. The van der Waals surface area contributed by atoms with Crippen LogP contribution in [0.25, 0.3) is 0 Å². The Labute approximate surface area is 93.5 Å². The molecule has 2 aromatic carbocycles. The standard InChI is InChI=1S/C14H11F2/c1-10-13(15)8-7-12(14(10)16)9-11-5-3-2-4-6-11/h2-8H,1,9H2. The molecule has 2 heteroatoms. The Hall–Kier alpha value is -1.70. The Bertz CT molecular complexity index is 490. The molecule has 81 valence electrons. The van der Waals surface area contributed by atoms with Crippen molar-refractivity contribution in [2.24, 2.45) is 0 Å².